The zero-order valence-corrected chi connectivity index (χ0v) is 12.4. The van der Waals surface area contributed by atoms with E-state index in [1.54, 1.807) is 0 Å². The smallest absolute Gasteiger partial charge is 0.116 e. The van der Waals surface area contributed by atoms with E-state index in [0.717, 1.165) is 42.0 Å². The van der Waals surface area contributed by atoms with Crippen molar-refractivity contribution in [2.45, 2.75) is 0 Å². The summed E-state index contributed by atoms with van der Waals surface area (Å²) >= 11 is 3.47. The fourth-order valence-electron chi connectivity index (χ4n) is 2.32. The number of hydrogen-bond acceptors (Lipinski definition) is 3. The number of nitrogens with zero attached hydrogens (tertiary/aromatic N) is 3. The van der Waals surface area contributed by atoms with Crippen molar-refractivity contribution in [1.29, 1.82) is 0 Å². The minimum Gasteiger partial charge on any atom is -0.378 e. The molecule has 0 amide bonds. The number of benzene rings is 1. The van der Waals surface area contributed by atoms with Crippen LogP contribution in [-0.4, -0.2) is 36.1 Å². The first-order chi connectivity index (χ1) is 9.24. The summed E-state index contributed by atoms with van der Waals surface area (Å²) in [4.78, 5) is 2.34. The quantitative estimate of drug-likeness (QED) is 0.852. The molecule has 2 heterocycles. The van der Waals surface area contributed by atoms with E-state index in [0.29, 0.717) is 0 Å². The Morgan fingerprint density at radius 2 is 1.84 bits per heavy atom. The molecule has 0 N–H and O–H groups in total. The highest BCUT2D eigenvalue weighted by Crippen LogP contribution is 2.30. The van der Waals surface area contributed by atoms with Gasteiger partial charge in [0.15, 0.2) is 0 Å². The SMILES string of the molecule is Cn1cc(N2CCOCC2)c(-c2ccc(Br)cc2)n1. The number of morpholine rings is 1. The van der Waals surface area contributed by atoms with Crippen LogP contribution in [0.5, 0.6) is 0 Å². The Bertz CT molecular complexity index is 559. The molecule has 0 radical (unpaired) electrons. The molecule has 1 aromatic carbocycles. The summed E-state index contributed by atoms with van der Waals surface area (Å²) in [6.07, 6.45) is 2.09. The van der Waals surface area contributed by atoms with Gasteiger partial charge in [-0.25, -0.2) is 0 Å². The molecular formula is C14H16BrN3O. The van der Waals surface area contributed by atoms with Crippen molar-refractivity contribution in [3.05, 3.63) is 34.9 Å². The lowest BCUT2D eigenvalue weighted by atomic mass is 10.1. The largest absolute Gasteiger partial charge is 0.378 e. The molecule has 19 heavy (non-hydrogen) atoms. The lowest BCUT2D eigenvalue weighted by Crippen LogP contribution is -2.36. The van der Waals surface area contributed by atoms with E-state index in [2.05, 4.69) is 44.3 Å². The van der Waals surface area contributed by atoms with Crippen molar-refractivity contribution in [1.82, 2.24) is 9.78 Å². The van der Waals surface area contributed by atoms with Gasteiger partial charge in [-0.3, -0.25) is 4.68 Å². The summed E-state index contributed by atoms with van der Waals surface area (Å²) in [7, 11) is 1.96. The number of anilines is 1. The van der Waals surface area contributed by atoms with Gasteiger partial charge in [-0.1, -0.05) is 28.1 Å². The van der Waals surface area contributed by atoms with Gasteiger partial charge in [0.2, 0.25) is 0 Å². The molecule has 0 bridgehead atoms. The molecule has 1 aliphatic rings. The van der Waals surface area contributed by atoms with Crippen LogP contribution in [0.25, 0.3) is 11.3 Å². The highest BCUT2D eigenvalue weighted by atomic mass is 79.9. The molecule has 0 spiro atoms. The van der Waals surface area contributed by atoms with Gasteiger partial charge >= 0.3 is 0 Å². The Hall–Kier alpha value is -1.33. The van der Waals surface area contributed by atoms with Crippen molar-refractivity contribution >= 4 is 21.6 Å². The van der Waals surface area contributed by atoms with Gasteiger partial charge in [0.05, 0.1) is 18.9 Å². The van der Waals surface area contributed by atoms with Crippen LogP contribution in [0, 0.1) is 0 Å². The van der Waals surface area contributed by atoms with Crippen LogP contribution in [0.2, 0.25) is 0 Å². The average Bonchev–Trinajstić information content (AvgIpc) is 2.83. The van der Waals surface area contributed by atoms with Gasteiger partial charge in [0, 0.05) is 36.4 Å². The second kappa shape index (κ2) is 5.35. The van der Waals surface area contributed by atoms with Crippen LogP contribution >= 0.6 is 15.9 Å². The number of hydrogen-bond donors (Lipinski definition) is 0. The second-order valence-corrected chi connectivity index (χ2v) is 5.56. The average molecular weight is 322 g/mol. The first-order valence-electron chi connectivity index (χ1n) is 6.36. The summed E-state index contributed by atoms with van der Waals surface area (Å²) in [6.45, 7) is 3.42. The van der Waals surface area contributed by atoms with E-state index in [1.807, 2.05) is 23.9 Å². The minimum absolute atomic E-state index is 0.786. The second-order valence-electron chi connectivity index (χ2n) is 4.64. The predicted molar refractivity (Wildman–Crippen MR) is 79.4 cm³/mol. The van der Waals surface area contributed by atoms with Gasteiger partial charge < -0.3 is 9.64 Å². The Morgan fingerprint density at radius 1 is 1.16 bits per heavy atom. The molecule has 0 saturated carbocycles. The molecule has 5 heteroatoms. The Labute approximate surface area is 121 Å². The molecule has 0 unspecified atom stereocenters. The summed E-state index contributed by atoms with van der Waals surface area (Å²) < 4.78 is 8.37. The maximum Gasteiger partial charge on any atom is 0.116 e. The summed E-state index contributed by atoms with van der Waals surface area (Å²) in [5.41, 5.74) is 3.37. The monoisotopic (exact) mass is 321 g/mol. The van der Waals surface area contributed by atoms with E-state index in [1.165, 1.54) is 5.69 Å². The maximum atomic E-state index is 5.41. The first kappa shape index (κ1) is 12.7. The Kier molecular flexibility index (Phi) is 3.57. The number of aryl methyl sites for hydroxylation is 1. The number of rotatable bonds is 2. The third-order valence-corrected chi connectivity index (χ3v) is 3.81. The molecule has 1 saturated heterocycles. The highest BCUT2D eigenvalue weighted by Gasteiger charge is 2.18. The van der Waals surface area contributed by atoms with Crippen LogP contribution in [0.4, 0.5) is 5.69 Å². The summed E-state index contributed by atoms with van der Waals surface area (Å²) in [5, 5.41) is 4.60. The molecule has 0 aliphatic carbocycles. The van der Waals surface area contributed by atoms with Crippen LogP contribution in [0.3, 0.4) is 0 Å². The lowest BCUT2D eigenvalue weighted by Gasteiger charge is -2.28. The van der Waals surface area contributed by atoms with E-state index in [-0.39, 0.29) is 0 Å². The molecule has 0 atom stereocenters. The lowest BCUT2D eigenvalue weighted by molar-refractivity contribution is 0.122. The van der Waals surface area contributed by atoms with Gasteiger partial charge in [0.25, 0.3) is 0 Å². The third-order valence-electron chi connectivity index (χ3n) is 3.28. The zero-order valence-electron chi connectivity index (χ0n) is 10.8. The summed E-state index contributed by atoms with van der Waals surface area (Å²) in [5.74, 6) is 0. The molecule has 1 aromatic heterocycles. The van der Waals surface area contributed by atoms with Crippen molar-refractivity contribution in [3.8, 4) is 11.3 Å². The third kappa shape index (κ3) is 2.67. The molecule has 1 fully saturated rings. The van der Waals surface area contributed by atoms with Gasteiger partial charge in [0.1, 0.15) is 5.69 Å². The van der Waals surface area contributed by atoms with Crippen molar-refractivity contribution in [2.75, 3.05) is 31.2 Å². The molecule has 2 aromatic rings. The normalized spacial score (nSPS) is 15.8. The predicted octanol–water partition coefficient (Wildman–Crippen LogP) is 2.69. The molecular weight excluding hydrogens is 306 g/mol. The molecule has 1 aliphatic heterocycles. The van der Waals surface area contributed by atoms with Gasteiger partial charge in [-0.05, 0) is 12.1 Å². The summed E-state index contributed by atoms with van der Waals surface area (Å²) in [6, 6.07) is 8.28. The van der Waals surface area contributed by atoms with Crippen LogP contribution in [-0.2, 0) is 11.8 Å². The van der Waals surface area contributed by atoms with Crippen molar-refractivity contribution < 1.29 is 4.74 Å². The number of halogens is 1. The van der Waals surface area contributed by atoms with Crippen LogP contribution in [0.1, 0.15) is 0 Å². The van der Waals surface area contributed by atoms with E-state index < -0.39 is 0 Å². The number of ether oxygens (including phenoxy) is 1. The van der Waals surface area contributed by atoms with E-state index >= 15 is 0 Å². The van der Waals surface area contributed by atoms with Crippen LogP contribution < -0.4 is 4.90 Å². The number of aromatic nitrogens is 2. The highest BCUT2D eigenvalue weighted by molar-refractivity contribution is 9.10. The van der Waals surface area contributed by atoms with Crippen LogP contribution in [0.15, 0.2) is 34.9 Å². The molecule has 3 rings (SSSR count). The maximum absolute atomic E-state index is 5.41. The standard InChI is InChI=1S/C14H16BrN3O/c1-17-10-13(18-6-8-19-9-7-18)14(16-17)11-2-4-12(15)5-3-11/h2-5,10H,6-9H2,1H3. The van der Waals surface area contributed by atoms with E-state index in [9.17, 15) is 0 Å². The Morgan fingerprint density at radius 3 is 2.53 bits per heavy atom. The topological polar surface area (TPSA) is 30.3 Å². The minimum atomic E-state index is 0.786. The van der Waals surface area contributed by atoms with Crippen molar-refractivity contribution in [2.24, 2.45) is 7.05 Å². The fraction of sp³-hybridized carbons (Fsp3) is 0.357. The van der Waals surface area contributed by atoms with E-state index in [4.69, 9.17) is 4.74 Å². The zero-order chi connectivity index (χ0) is 13.2. The Balaban J connectivity index is 1.98. The first-order valence-corrected chi connectivity index (χ1v) is 7.15. The van der Waals surface area contributed by atoms with Gasteiger partial charge in [-0.15, -0.1) is 0 Å². The molecule has 4 nitrogen and oxygen atoms in total. The molecule has 100 valence electrons. The van der Waals surface area contributed by atoms with Gasteiger partial charge in [-0.2, -0.15) is 5.10 Å². The van der Waals surface area contributed by atoms with Crippen molar-refractivity contribution in [3.63, 3.8) is 0 Å². The fourth-order valence-corrected chi connectivity index (χ4v) is 2.59.